The molecule has 1 fully saturated rings. The molecule has 3 rings (SSSR count). The van der Waals surface area contributed by atoms with Crippen molar-refractivity contribution in [2.45, 2.75) is 25.7 Å². The molecule has 1 aromatic heterocycles. The van der Waals surface area contributed by atoms with Gasteiger partial charge in [0.15, 0.2) is 0 Å². The molecule has 0 aliphatic heterocycles. The van der Waals surface area contributed by atoms with E-state index in [1.165, 1.54) is 0 Å². The van der Waals surface area contributed by atoms with Crippen LogP contribution in [-0.2, 0) is 0 Å². The molecule has 1 saturated carbocycles. The van der Waals surface area contributed by atoms with Gasteiger partial charge in [0.1, 0.15) is 5.82 Å². The number of nitrogens with zero attached hydrogens (tertiary/aromatic N) is 1. The SMILES string of the molecule is Cc1ccc2nc(C3CC3)[nH]c(=O)c2c1. The third-order valence-corrected chi connectivity index (χ3v) is 2.84. The van der Waals surface area contributed by atoms with Gasteiger partial charge in [-0.2, -0.15) is 0 Å². The second-order valence-corrected chi connectivity index (χ2v) is 4.25. The number of fused-ring (bicyclic) bond motifs is 1. The fourth-order valence-corrected chi connectivity index (χ4v) is 1.82. The van der Waals surface area contributed by atoms with E-state index >= 15 is 0 Å². The van der Waals surface area contributed by atoms with Crippen molar-refractivity contribution in [1.82, 2.24) is 9.97 Å². The highest BCUT2D eigenvalue weighted by Crippen LogP contribution is 2.37. The first-order valence-corrected chi connectivity index (χ1v) is 5.24. The lowest BCUT2D eigenvalue weighted by atomic mass is 10.1. The van der Waals surface area contributed by atoms with E-state index in [9.17, 15) is 4.79 Å². The van der Waals surface area contributed by atoms with Crippen molar-refractivity contribution in [3.05, 3.63) is 39.9 Å². The average molecular weight is 200 g/mol. The van der Waals surface area contributed by atoms with E-state index in [-0.39, 0.29) is 5.56 Å². The van der Waals surface area contributed by atoms with Gasteiger partial charge < -0.3 is 4.98 Å². The molecule has 0 unspecified atom stereocenters. The molecule has 1 aliphatic carbocycles. The minimum atomic E-state index is -0.00870. The van der Waals surface area contributed by atoms with Crippen LogP contribution in [0.15, 0.2) is 23.0 Å². The van der Waals surface area contributed by atoms with E-state index in [4.69, 9.17) is 0 Å². The van der Waals surface area contributed by atoms with Gasteiger partial charge in [0.2, 0.25) is 0 Å². The standard InChI is InChI=1S/C12H12N2O/c1-7-2-5-10-9(6-7)12(15)14-11(13-10)8-3-4-8/h2,5-6,8H,3-4H2,1H3,(H,13,14,15). The van der Waals surface area contributed by atoms with Crippen molar-refractivity contribution < 1.29 is 0 Å². The summed E-state index contributed by atoms with van der Waals surface area (Å²) in [7, 11) is 0. The molecule has 76 valence electrons. The van der Waals surface area contributed by atoms with E-state index in [1.807, 2.05) is 25.1 Å². The monoisotopic (exact) mass is 200 g/mol. The quantitative estimate of drug-likeness (QED) is 0.766. The normalized spacial score (nSPS) is 15.8. The van der Waals surface area contributed by atoms with E-state index < -0.39 is 0 Å². The molecule has 1 aliphatic rings. The molecule has 0 spiro atoms. The Kier molecular flexibility index (Phi) is 1.69. The molecule has 0 amide bonds. The van der Waals surface area contributed by atoms with Crippen molar-refractivity contribution in [2.24, 2.45) is 0 Å². The molecule has 1 heterocycles. The van der Waals surface area contributed by atoms with E-state index in [2.05, 4.69) is 9.97 Å². The molecule has 1 N–H and O–H groups in total. The summed E-state index contributed by atoms with van der Waals surface area (Å²) in [6.45, 7) is 1.98. The minimum Gasteiger partial charge on any atom is -0.310 e. The molecular weight excluding hydrogens is 188 g/mol. The summed E-state index contributed by atoms with van der Waals surface area (Å²) in [5.74, 6) is 1.35. The largest absolute Gasteiger partial charge is 0.310 e. The molecule has 3 nitrogen and oxygen atoms in total. The van der Waals surface area contributed by atoms with Crippen molar-refractivity contribution in [2.75, 3.05) is 0 Å². The first-order valence-electron chi connectivity index (χ1n) is 5.24. The van der Waals surface area contributed by atoms with Crippen molar-refractivity contribution in [1.29, 1.82) is 0 Å². The van der Waals surface area contributed by atoms with Gasteiger partial charge in [-0.25, -0.2) is 4.98 Å². The van der Waals surface area contributed by atoms with Crippen LogP contribution in [0.2, 0.25) is 0 Å². The summed E-state index contributed by atoms with van der Waals surface area (Å²) < 4.78 is 0. The van der Waals surface area contributed by atoms with Gasteiger partial charge in [0.05, 0.1) is 10.9 Å². The second kappa shape index (κ2) is 2.92. The molecule has 0 saturated heterocycles. The zero-order valence-electron chi connectivity index (χ0n) is 8.58. The van der Waals surface area contributed by atoms with Crippen LogP contribution in [0.4, 0.5) is 0 Å². The van der Waals surface area contributed by atoms with Gasteiger partial charge in [-0.1, -0.05) is 11.6 Å². The van der Waals surface area contributed by atoms with Crippen LogP contribution in [0, 0.1) is 6.92 Å². The van der Waals surface area contributed by atoms with Crippen LogP contribution in [0.1, 0.15) is 30.1 Å². The maximum absolute atomic E-state index is 11.8. The van der Waals surface area contributed by atoms with Crippen LogP contribution >= 0.6 is 0 Å². The number of benzene rings is 1. The number of hydrogen-bond acceptors (Lipinski definition) is 2. The molecule has 1 aromatic carbocycles. The van der Waals surface area contributed by atoms with Crippen LogP contribution < -0.4 is 5.56 Å². The highest BCUT2D eigenvalue weighted by atomic mass is 16.1. The van der Waals surface area contributed by atoms with Gasteiger partial charge in [0, 0.05) is 5.92 Å². The summed E-state index contributed by atoms with van der Waals surface area (Å²) in [6, 6.07) is 5.80. The highest BCUT2D eigenvalue weighted by molar-refractivity contribution is 5.78. The lowest BCUT2D eigenvalue weighted by molar-refractivity contribution is 0.931. The predicted molar refractivity (Wildman–Crippen MR) is 59.1 cm³/mol. The number of rotatable bonds is 1. The smallest absolute Gasteiger partial charge is 0.258 e. The number of nitrogens with one attached hydrogen (secondary N) is 1. The Hall–Kier alpha value is -1.64. The molecule has 3 heteroatoms. The number of aromatic nitrogens is 2. The lowest BCUT2D eigenvalue weighted by Crippen LogP contribution is -2.11. The summed E-state index contributed by atoms with van der Waals surface area (Å²) in [4.78, 5) is 19.1. The van der Waals surface area contributed by atoms with Crippen molar-refractivity contribution >= 4 is 10.9 Å². The first kappa shape index (κ1) is 8.65. The fourth-order valence-electron chi connectivity index (χ4n) is 1.82. The van der Waals surface area contributed by atoms with Crippen LogP contribution in [0.25, 0.3) is 10.9 Å². The number of hydrogen-bond donors (Lipinski definition) is 1. The van der Waals surface area contributed by atoms with E-state index in [1.54, 1.807) is 0 Å². The third kappa shape index (κ3) is 1.44. The Labute approximate surface area is 87.2 Å². The number of H-pyrrole nitrogens is 1. The van der Waals surface area contributed by atoms with Crippen LogP contribution in [-0.4, -0.2) is 9.97 Å². The van der Waals surface area contributed by atoms with Gasteiger partial charge in [-0.3, -0.25) is 4.79 Å². The molecule has 0 atom stereocenters. The maximum Gasteiger partial charge on any atom is 0.258 e. The van der Waals surface area contributed by atoms with Crippen molar-refractivity contribution in [3.63, 3.8) is 0 Å². The molecule has 0 bridgehead atoms. The topological polar surface area (TPSA) is 45.8 Å². The summed E-state index contributed by atoms with van der Waals surface area (Å²) in [5, 5.41) is 0.694. The fraction of sp³-hybridized carbons (Fsp3) is 0.333. The van der Waals surface area contributed by atoms with Crippen LogP contribution in [0.5, 0.6) is 0 Å². The predicted octanol–water partition coefficient (Wildman–Crippen LogP) is 2.11. The zero-order chi connectivity index (χ0) is 10.4. The first-order chi connectivity index (χ1) is 7.24. The Morgan fingerprint density at radius 2 is 2.20 bits per heavy atom. The van der Waals surface area contributed by atoms with Crippen molar-refractivity contribution in [3.8, 4) is 0 Å². The number of aryl methyl sites for hydroxylation is 1. The average Bonchev–Trinajstić information content (AvgIpc) is 3.02. The Bertz CT molecular complexity index is 582. The lowest BCUT2D eigenvalue weighted by Gasteiger charge is -2.01. The number of aromatic amines is 1. The van der Waals surface area contributed by atoms with E-state index in [0.717, 1.165) is 29.7 Å². The second-order valence-electron chi connectivity index (χ2n) is 4.25. The highest BCUT2D eigenvalue weighted by Gasteiger charge is 2.26. The van der Waals surface area contributed by atoms with Crippen LogP contribution in [0.3, 0.4) is 0 Å². The minimum absolute atomic E-state index is 0.00870. The zero-order valence-corrected chi connectivity index (χ0v) is 8.58. The maximum atomic E-state index is 11.8. The van der Waals surface area contributed by atoms with Gasteiger partial charge in [-0.05, 0) is 31.9 Å². The van der Waals surface area contributed by atoms with E-state index in [0.29, 0.717) is 11.3 Å². The summed E-state index contributed by atoms with van der Waals surface area (Å²) >= 11 is 0. The molecule has 0 radical (unpaired) electrons. The third-order valence-electron chi connectivity index (χ3n) is 2.84. The van der Waals surface area contributed by atoms with Gasteiger partial charge >= 0.3 is 0 Å². The molecule has 2 aromatic rings. The Morgan fingerprint density at radius 3 is 2.93 bits per heavy atom. The molecule has 15 heavy (non-hydrogen) atoms. The van der Waals surface area contributed by atoms with Gasteiger partial charge in [0.25, 0.3) is 5.56 Å². The Morgan fingerprint density at radius 1 is 1.40 bits per heavy atom. The Balaban J connectivity index is 2.31. The summed E-state index contributed by atoms with van der Waals surface area (Å²) in [5.41, 5.74) is 1.89. The molecular formula is C12H12N2O. The van der Waals surface area contributed by atoms with Gasteiger partial charge in [-0.15, -0.1) is 0 Å². The summed E-state index contributed by atoms with van der Waals surface area (Å²) in [6.07, 6.45) is 2.31.